The first-order chi connectivity index (χ1) is 9.24. The van der Waals surface area contributed by atoms with E-state index in [1.54, 1.807) is 6.07 Å². The van der Waals surface area contributed by atoms with Crippen LogP contribution in [0.3, 0.4) is 0 Å². The molecule has 19 heavy (non-hydrogen) atoms. The van der Waals surface area contributed by atoms with Crippen molar-refractivity contribution in [1.29, 1.82) is 0 Å². The summed E-state index contributed by atoms with van der Waals surface area (Å²) in [7, 11) is 0. The highest BCUT2D eigenvalue weighted by Crippen LogP contribution is 2.28. The molecule has 0 amide bonds. The highest BCUT2D eigenvalue weighted by atomic mass is 16.5. The Labute approximate surface area is 111 Å². The second-order valence-electron chi connectivity index (χ2n) is 4.87. The van der Waals surface area contributed by atoms with Crippen molar-refractivity contribution in [3.8, 4) is 17.2 Å². The first-order valence-corrected chi connectivity index (χ1v) is 6.45. The van der Waals surface area contributed by atoms with Gasteiger partial charge in [0.1, 0.15) is 5.75 Å². The molecule has 1 atom stereocenters. The summed E-state index contributed by atoms with van der Waals surface area (Å²) < 4.78 is 10.7. The summed E-state index contributed by atoms with van der Waals surface area (Å²) in [4.78, 5) is 4.41. The fraction of sp³-hybridized carbons (Fsp3) is 0.429. The fourth-order valence-electron chi connectivity index (χ4n) is 2.20. The normalized spacial score (nSPS) is 19.5. The predicted octanol–water partition coefficient (Wildman–Crippen LogP) is 2.64. The third-order valence-corrected chi connectivity index (χ3v) is 3.42. The van der Waals surface area contributed by atoms with Crippen LogP contribution in [0.4, 0.5) is 0 Å². The summed E-state index contributed by atoms with van der Waals surface area (Å²) in [5.74, 6) is 1.58. The number of ether oxygens (including phenoxy) is 1. The molecule has 1 aliphatic rings. The molecule has 1 fully saturated rings. The van der Waals surface area contributed by atoms with Gasteiger partial charge in [0, 0.05) is 18.1 Å². The van der Waals surface area contributed by atoms with Crippen molar-refractivity contribution in [3.63, 3.8) is 0 Å². The van der Waals surface area contributed by atoms with Gasteiger partial charge in [0.2, 0.25) is 0 Å². The highest BCUT2D eigenvalue weighted by molar-refractivity contribution is 5.57. The fourth-order valence-corrected chi connectivity index (χ4v) is 2.20. The van der Waals surface area contributed by atoms with E-state index in [0.717, 1.165) is 30.6 Å². The summed E-state index contributed by atoms with van der Waals surface area (Å²) in [6, 6.07) is 5.34. The van der Waals surface area contributed by atoms with Gasteiger partial charge in [0.05, 0.1) is 6.61 Å². The van der Waals surface area contributed by atoms with Gasteiger partial charge in [-0.25, -0.2) is 0 Å². The van der Waals surface area contributed by atoms with Crippen LogP contribution in [0.25, 0.3) is 11.5 Å². The van der Waals surface area contributed by atoms with Gasteiger partial charge in [-0.3, -0.25) is 0 Å². The van der Waals surface area contributed by atoms with Crippen molar-refractivity contribution in [2.24, 2.45) is 0 Å². The van der Waals surface area contributed by atoms with Crippen LogP contribution < -0.4 is 0 Å². The van der Waals surface area contributed by atoms with Gasteiger partial charge >= 0.3 is 0 Å². The van der Waals surface area contributed by atoms with Crippen molar-refractivity contribution in [1.82, 2.24) is 10.1 Å². The maximum Gasteiger partial charge on any atom is 0.258 e. The number of phenols is 1. The minimum atomic E-state index is 0.213. The number of hydrogen-bond acceptors (Lipinski definition) is 5. The summed E-state index contributed by atoms with van der Waals surface area (Å²) in [5.41, 5.74) is 1.56. The first-order valence-electron chi connectivity index (χ1n) is 6.45. The zero-order valence-electron chi connectivity index (χ0n) is 10.8. The van der Waals surface area contributed by atoms with E-state index < -0.39 is 0 Å². The molecule has 1 saturated heterocycles. The largest absolute Gasteiger partial charge is 0.508 e. The Hall–Kier alpha value is -1.88. The Morgan fingerprint density at radius 3 is 3.00 bits per heavy atom. The minimum Gasteiger partial charge on any atom is -0.508 e. The van der Waals surface area contributed by atoms with E-state index in [0.29, 0.717) is 18.3 Å². The van der Waals surface area contributed by atoms with Gasteiger partial charge in [-0.05, 0) is 37.5 Å². The van der Waals surface area contributed by atoms with E-state index in [-0.39, 0.29) is 11.7 Å². The van der Waals surface area contributed by atoms with Crippen LogP contribution in [-0.2, 0) is 4.74 Å². The van der Waals surface area contributed by atoms with Crippen LogP contribution in [0.5, 0.6) is 5.75 Å². The Bertz CT molecular complexity index is 574. The number of hydrogen-bond donors (Lipinski definition) is 1. The van der Waals surface area contributed by atoms with Crippen LogP contribution in [0.2, 0.25) is 0 Å². The quantitative estimate of drug-likeness (QED) is 0.899. The molecular formula is C14H16N2O3. The Morgan fingerprint density at radius 2 is 2.26 bits per heavy atom. The number of nitrogens with zero attached hydrogens (tertiary/aromatic N) is 2. The van der Waals surface area contributed by atoms with E-state index in [2.05, 4.69) is 10.1 Å². The molecule has 0 radical (unpaired) electrons. The standard InChI is InChI=1S/C14H16N2O3/c1-9-4-5-10(7-12(9)17)14-15-13(16-19-14)11-3-2-6-18-8-11/h4-5,7,11,17H,2-3,6,8H2,1H3. The maximum atomic E-state index is 9.71. The number of aromatic hydroxyl groups is 1. The van der Waals surface area contributed by atoms with E-state index >= 15 is 0 Å². The molecule has 1 unspecified atom stereocenters. The molecule has 5 nitrogen and oxygen atoms in total. The lowest BCUT2D eigenvalue weighted by atomic mass is 10.0. The number of rotatable bonds is 2. The number of aryl methyl sites for hydroxylation is 1. The molecule has 1 N–H and O–H groups in total. The summed E-state index contributed by atoms with van der Waals surface area (Å²) in [5, 5.41) is 13.7. The summed E-state index contributed by atoms with van der Waals surface area (Å²) in [6.07, 6.45) is 2.05. The molecule has 0 spiro atoms. The second-order valence-corrected chi connectivity index (χ2v) is 4.87. The average Bonchev–Trinajstić information content (AvgIpc) is 2.93. The maximum absolute atomic E-state index is 9.71. The van der Waals surface area contributed by atoms with Crippen molar-refractivity contribution in [2.45, 2.75) is 25.7 Å². The number of phenolic OH excluding ortho intramolecular Hbond substituents is 1. The highest BCUT2D eigenvalue weighted by Gasteiger charge is 2.22. The van der Waals surface area contributed by atoms with Crippen molar-refractivity contribution < 1.29 is 14.4 Å². The monoisotopic (exact) mass is 260 g/mol. The van der Waals surface area contributed by atoms with Gasteiger partial charge in [0.15, 0.2) is 5.82 Å². The van der Waals surface area contributed by atoms with Gasteiger partial charge in [-0.15, -0.1) is 0 Å². The smallest absolute Gasteiger partial charge is 0.258 e. The predicted molar refractivity (Wildman–Crippen MR) is 68.9 cm³/mol. The Kier molecular flexibility index (Phi) is 3.21. The molecule has 1 aliphatic heterocycles. The molecule has 0 aliphatic carbocycles. The van der Waals surface area contributed by atoms with Crippen LogP contribution >= 0.6 is 0 Å². The molecule has 1 aromatic heterocycles. The lowest BCUT2D eigenvalue weighted by Crippen LogP contribution is -2.16. The van der Waals surface area contributed by atoms with Crippen LogP contribution in [0, 0.1) is 6.92 Å². The lowest BCUT2D eigenvalue weighted by molar-refractivity contribution is 0.0773. The van der Waals surface area contributed by atoms with Gasteiger partial charge in [-0.1, -0.05) is 11.2 Å². The number of benzene rings is 1. The SMILES string of the molecule is Cc1ccc(-c2nc(C3CCCOC3)no2)cc1O. The number of aromatic nitrogens is 2. The summed E-state index contributed by atoms with van der Waals surface area (Å²) >= 11 is 0. The zero-order valence-corrected chi connectivity index (χ0v) is 10.8. The van der Waals surface area contributed by atoms with Crippen LogP contribution in [-0.4, -0.2) is 28.5 Å². The molecule has 1 aromatic carbocycles. The molecule has 100 valence electrons. The molecule has 0 bridgehead atoms. The van der Waals surface area contributed by atoms with Crippen LogP contribution in [0.15, 0.2) is 22.7 Å². The topological polar surface area (TPSA) is 68.4 Å². The van der Waals surface area contributed by atoms with E-state index in [4.69, 9.17) is 9.26 Å². The Balaban J connectivity index is 1.85. The summed E-state index contributed by atoms with van der Waals surface area (Å²) in [6.45, 7) is 3.31. The van der Waals surface area contributed by atoms with Gasteiger partial charge < -0.3 is 14.4 Å². The van der Waals surface area contributed by atoms with Crippen molar-refractivity contribution in [2.75, 3.05) is 13.2 Å². The average molecular weight is 260 g/mol. The third-order valence-electron chi connectivity index (χ3n) is 3.42. The molecule has 5 heteroatoms. The van der Waals surface area contributed by atoms with Gasteiger partial charge in [0.25, 0.3) is 5.89 Å². The Morgan fingerprint density at radius 1 is 1.37 bits per heavy atom. The minimum absolute atomic E-state index is 0.213. The molecule has 2 heterocycles. The van der Waals surface area contributed by atoms with E-state index in [1.807, 2.05) is 19.1 Å². The first kappa shape index (κ1) is 12.2. The third kappa shape index (κ3) is 2.46. The molecule has 0 saturated carbocycles. The molecular weight excluding hydrogens is 244 g/mol. The molecule has 3 rings (SSSR count). The van der Waals surface area contributed by atoms with Crippen molar-refractivity contribution in [3.05, 3.63) is 29.6 Å². The van der Waals surface area contributed by atoms with E-state index in [1.165, 1.54) is 0 Å². The second kappa shape index (κ2) is 5.01. The zero-order chi connectivity index (χ0) is 13.2. The van der Waals surface area contributed by atoms with Gasteiger partial charge in [-0.2, -0.15) is 4.98 Å². The molecule has 2 aromatic rings. The lowest BCUT2D eigenvalue weighted by Gasteiger charge is -2.18. The van der Waals surface area contributed by atoms with E-state index in [9.17, 15) is 5.11 Å². The van der Waals surface area contributed by atoms with Crippen LogP contribution in [0.1, 0.15) is 30.1 Å². The van der Waals surface area contributed by atoms with Crippen molar-refractivity contribution >= 4 is 0 Å².